The van der Waals surface area contributed by atoms with Crippen molar-refractivity contribution in [3.05, 3.63) is 108 Å². The molecule has 4 aromatic carbocycles. The van der Waals surface area contributed by atoms with Crippen LogP contribution in [0.2, 0.25) is 0 Å². The first-order valence-corrected chi connectivity index (χ1v) is 13.6. The average molecular weight is 494 g/mol. The Morgan fingerprint density at radius 3 is 2.43 bits per heavy atom. The molecular formula is C34H39NO2. The number of aryl methyl sites for hydroxylation is 1. The molecule has 1 aliphatic rings. The Labute approximate surface area is 221 Å². The highest BCUT2D eigenvalue weighted by Crippen LogP contribution is 2.44. The van der Waals surface area contributed by atoms with Gasteiger partial charge in [-0.15, -0.1) is 0 Å². The molecule has 4 aromatic rings. The highest BCUT2D eigenvalue weighted by molar-refractivity contribution is 5.83. The van der Waals surface area contributed by atoms with Gasteiger partial charge in [-0.1, -0.05) is 84.9 Å². The molecule has 3 nitrogen and oxygen atoms in total. The number of aliphatic hydroxyl groups is 1. The largest absolute Gasteiger partial charge is 0.389 e. The van der Waals surface area contributed by atoms with Crippen molar-refractivity contribution >= 4 is 10.8 Å². The highest BCUT2D eigenvalue weighted by Gasteiger charge is 2.34. The first-order chi connectivity index (χ1) is 17.9. The molecule has 192 valence electrons. The molecule has 0 amide bonds. The molecule has 1 saturated carbocycles. The second kappa shape index (κ2) is 11.2. The highest BCUT2D eigenvalue weighted by atomic mass is 16.5. The fourth-order valence-corrected chi connectivity index (χ4v) is 5.27. The smallest absolute Gasteiger partial charge is 0.0898 e. The topological polar surface area (TPSA) is 41.5 Å². The minimum absolute atomic E-state index is 0.0317. The predicted octanol–water partition coefficient (Wildman–Crippen LogP) is 7.25. The van der Waals surface area contributed by atoms with Crippen LogP contribution in [0.5, 0.6) is 0 Å². The van der Waals surface area contributed by atoms with Crippen LogP contribution in [0, 0.1) is 12.8 Å². The molecule has 37 heavy (non-hydrogen) atoms. The van der Waals surface area contributed by atoms with E-state index in [0.717, 1.165) is 6.42 Å². The maximum atomic E-state index is 10.8. The van der Waals surface area contributed by atoms with E-state index in [-0.39, 0.29) is 11.6 Å². The van der Waals surface area contributed by atoms with Crippen molar-refractivity contribution in [2.45, 2.75) is 57.8 Å². The Bertz CT molecular complexity index is 1340. The summed E-state index contributed by atoms with van der Waals surface area (Å²) >= 11 is 0. The number of rotatable bonds is 11. The number of benzene rings is 4. The van der Waals surface area contributed by atoms with Crippen molar-refractivity contribution in [2.75, 3.05) is 13.2 Å². The second-order valence-corrected chi connectivity index (χ2v) is 11.3. The third kappa shape index (κ3) is 6.67. The van der Waals surface area contributed by atoms with Gasteiger partial charge in [0.05, 0.1) is 18.8 Å². The second-order valence-electron chi connectivity index (χ2n) is 11.3. The zero-order valence-electron chi connectivity index (χ0n) is 22.3. The van der Waals surface area contributed by atoms with Crippen LogP contribution in [-0.2, 0) is 11.2 Å². The lowest BCUT2D eigenvalue weighted by Crippen LogP contribution is -2.46. The molecule has 2 atom stereocenters. The summed E-state index contributed by atoms with van der Waals surface area (Å²) in [6.07, 6.45) is 2.74. The van der Waals surface area contributed by atoms with Crippen LogP contribution in [-0.4, -0.2) is 29.9 Å². The van der Waals surface area contributed by atoms with Crippen LogP contribution < -0.4 is 5.32 Å². The number of β-amino-alcohol motifs (C(OH)–C–C–N with tert-alkyl or cyclic N) is 1. The van der Waals surface area contributed by atoms with E-state index in [1.54, 1.807) is 0 Å². The molecule has 3 heteroatoms. The monoisotopic (exact) mass is 493 g/mol. The van der Waals surface area contributed by atoms with Gasteiger partial charge in [-0.3, -0.25) is 0 Å². The minimum Gasteiger partial charge on any atom is -0.389 e. The predicted molar refractivity (Wildman–Crippen MR) is 154 cm³/mol. The van der Waals surface area contributed by atoms with Gasteiger partial charge >= 0.3 is 0 Å². The van der Waals surface area contributed by atoms with E-state index in [1.165, 1.54) is 51.4 Å². The molecule has 0 aromatic heterocycles. The summed E-state index contributed by atoms with van der Waals surface area (Å²) in [6, 6.07) is 32.4. The minimum atomic E-state index is -0.559. The van der Waals surface area contributed by atoms with Crippen molar-refractivity contribution in [3.8, 4) is 11.1 Å². The van der Waals surface area contributed by atoms with Gasteiger partial charge in [0.15, 0.2) is 0 Å². The summed E-state index contributed by atoms with van der Waals surface area (Å²) in [6.45, 7) is 7.37. The van der Waals surface area contributed by atoms with Crippen LogP contribution in [0.3, 0.4) is 0 Å². The third-order valence-corrected chi connectivity index (χ3v) is 7.47. The van der Waals surface area contributed by atoms with Crippen LogP contribution in [0.4, 0.5) is 0 Å². The molecule has 1 aliphatic carbocycles. The normalized spacial score (nSPS) is 15.6. The van der Waals surface area contributed by atoms with Gasteiger partial charge in [0, 0.05) is 12.1 Å². The van der Waals surface area contributed by atoms with Crippen molar-refractivity contribution < 1.29 is 9.84 Å². The number of fused-ring (bicyclic) bond motifs is 1. The average Bonchev–Trinajstić information content (AvgIpc) is 3.73. The quantitative estimate of drug-likeness (QED) is 0.231. The van der Waals surface area contributed by atoms with Crippen LogP contribution >= 0.6 is 0 Å². The molecular weight excluding hydrogens is 454 g/mol. The molecule has 0 spiro atoms. The zero-order valence-corrected chi connectivity index (χ0v) is 22.3. The van der Waals surface area contributed by atoms with Crippen molar-refractivity contribution in [3.63, 3.8) is 0 Å². The van der Waals surface area contributed by atoms with E-state index in [1.807, 2.05) is 0 Å². The zero-order chi connectivity index (χ0) is 25.8. The van der Waals surface area contributed by atoms with E-state index >= 15 is 0 Å². The Morgan fingerprint density at radius 1 is 0.892 bits per heavy atom. The van der Waals surface area contributed by atoms with E-state index < -0.39 is 6.10 Å². The van der Waals surface area contributed by atoms with E-state index in [9.17, 15) is 5.11 Å². The molecule has 2 N–H and O–H groups in total. The lowest BCUT2D eigenvalue weighted by Gasteiger charge is -2.29. The molecule has 0 saturated heterocycles. The van der Waals surface area contributed by atoms with Crippen LogP contribution in [0.15, 0.2) is 91.0 Å². The molecule has 1 fully saturated rings. The van der Waals surface area contributed by atoms with E-state index in [0.29, 0.717) is 19.1 Å². The summed E-state index contributed by atoms with van der Waals surface area (Å²) in [5, 5.41) is 16.9. The van der Waals surface area contributed by atoms with Gasteiger partial charge in [0.25, 0.3) is 0 Å². The van der Waals surface area contributed by atoms with Gasteiger partial charge in [-0.05, 0) is 90.6 Å². The summed E-state index contributed by atoms with van der Waals surface area (Å²) in [7, 11) is 0. The molecule has 5 rings (SSSR count). The summed E-state index contributed by atoms with van der Waals surface area (Å²) in [5.41, 5.74) is 6.13. The fourth-order valence-electron chi connectivity index (χ4n) is 5.27. The van der Waals surface area contributed by atoms with Crippen molar-refractivity contribution in [1.29, 1.82) is 0 Å². The third-order valence-electron chi connectivity index (χ3n) is 7.47. The first kappa shape index (κ1) is 25.7. The van der Waals surface area contributed by atoms with Gasteiger partial charge in [0.2, 0.25) is 0 Å². The van der Waals surface area contributed by atoms with E-state index in [2.05, 4.69) is 117 Å². The van der Waals surface area contributed by atoms with Crippen molar-refractivity contribution in [1.82, 2.24) is 5.32 Å². The Balaban J connectivity index is 1.17. The van der Waals surface area contributed by atoms with Gasteiger partial charge in [-0.2, -0.15) is 0 Å². The first-order valence-electron chi connectivity index (χ1n) is 13.6. The van der Waals surface area contributed by atoms with Crippen LogP contribution in [0.1, 0.15) is 49.5 Å². The SMILES string of the molecule is Cc1ccccc1-c1cccc(C(OC[C@H](O)CNC(C)(C)Cc2ccc3ccccc3c2)C2CC2)c1. The summed E-state index contributed by atoms with van der Waals surface area (Å²) < 4.78 is 6.38. The number of aliphatic hydroxyl groups excluding tert-OH is 1. The number of hydrogen-bond donors (Lipinski definition) is 2. The van der Waals surface area contributed by atoms with E-state index in [4.69, 9.17) is 4.74 Å². The molecule has 0 heterocycles. The Morgan fingerprint density at radius 2 is 1.65 bits per heavy atom. The maximum absolute atomic E-state index is 10.8. The lowest BCUT2D eigenvalue weighted by molar-refractivity contribution is -0.0211. The Hall–Kier alpha value is -2.98. The molecule has 0 bridgehead atoms. The maximum Gasteiger partial charge on any atom is 0.0898 e. The van der Waals surface area contributed by atoms with Gasteiger partial charge in [0.1, 0.15) is 0 Å². The lowest BCUT2D eigenvalue weighted by atomic mass is 9.93. The molecule has 1 unspecified atom stereocenters. The van der Waals surface area contributed by atoms with Crippen LogP contribution in [0.25, 0.3) is 21.9 Å². The van der Waals surface area contributed by atoms with Gasteiger partial charge < -0.3 is 15.2 Å². The number of nitrogens with one attached hydrogen (secondary N) is 1. The van der Waals surface area contributed by atoms with Gasteiger partial charge in [-0.25, -0.2) is 0 Å². The summed E-state index contributed by atoms with van der Waals surface area (Å²) in [4.78, 5) is 0. The number of ether oxygens (including phenoxy) is 1. The molecule has 0 aliphatic heterocycles. The Kier molecular flexibility index (Phi) is 7.76. The van der Waals surface area contributed by atoms with Crippen molar-refractivity contribution in [2.24, 2.45) is 5.92 Å². The standard InChI is InChI=1S/C34H39NO2/c1-24-9-4-7-14-32(24)29-12-8-13-30(20-29)33(27-17-18-27)37-23-31(36)22-35-34(2,3)21-25-15-16-26-10-5-6-11-28(26)19-25/h4-16,19-20,27,31,33,35-36H,17-18,21-23H2,1-3H3/t31-,33?/m1/s1. The summed E-state index contributed by atoms with van der Waals surface area (Å²) in [5.74, 6) is 0.539. The number of hydrogen-bond acceptors (Lipinski definition) is 3. The fraction of sp³-hybridized carbons (Fsp3) is 0.353. The molecule has 0 radical (unpaired) electrons.